The van der Waals surface area contributed by atoms with Crippen molar-refractivity contribution in [1.29, 1.82) is 0 Å². The molecule has 0 spiro atoms. The molecule has 144 valence electrons. The molecule has 0 heterocycles. The van der Waals surface area contributed by atoms with Crippen molar-refractivity contribution in [3.05, 3.63) is 132 Å². The minimum atomic E-state index is -1.88. The zero-order chi connectivity index (χ0) is 20.2. The first kappa shape index (κ1) is 19.6. The molecule has 1 N–H and O–H groups in total. The predicted octanol–water partition coefficient (Wildman–Crippen LogP) is 5.22. The smallest absolute Gasteiger partial charge is 0.149 e. The molecule has 0 saturated heterocycles. The summed E-state index contributed by atoms with van der Waals surface area (Å²) in [6.07, 6.45) is 0.641. The van der Waals surface area contributed by atoms with Crippen LogP contribution >= 0.6 is 7.26 Å². The third-order valence-corrected chi connectivity index (χ3v) is 9.67. The highest BCUT2D eigenvalue weighted by molar-refractivity contribution is 7.89. The van der Waals surface area contributed by atoms with Crippen molar-refractivity contribution >= 4 is 17.9 Å². The molecule has 0 fully saturated rings. The van der Waals surface area contributed by atoms with Crippen molar-refractivity contribution in [3.63, 3.8) is 0 Å². The Kier molecular flexibility index (Phi) is 5.62. The van der Waals surface area contributed by atoms with Gasteiger partial charge in [-0.05, 0) is 35.4 Å². The number of benzene rings is 4. The zero-order valence-corrected chi connectivity index (χ0v) is 17.5. The summed E-state index contributed by atoms with van der Waals surface area (Å²) in [5.74, 6) is 0. The van der Waals surface area contributed by atoms with Crippen LogP contribution in [-0.2, 0) is 5.60 Å². The van der Waals surface area contributed by atoms with Gasteiger partial charge in [-0.2, -0.15) is 0 Å². The van der Waals surface area contributed by atoms with Gasteiger partial charge in [0, 0.05) is 0 Å². The van der Waals surface area contributed by atoms with Crippen molar-refractivity contribution in [2.75, 3.05) is 12.8 Å². The molecule has 0 unspecified atom stereocenters. The molecular formula is C27H26OP+. The maximum atomic E-state index is 12.2. The van der Waals surface area contributed by atoms with Gasteiger partial charge in [0.05, 0.1) is 24.5 Å². The van der Waals surface area contributed by atoms with E-state index in [-0.39, 0.29) is 0 Å². The fraction of sp³-hybridized carbons (Fsp3) is 0.111. The van der Waals surface area contributed by atoms with Gasteiger partial charge in [0.25, 0.3) is 0 Å². The van der Waals surface area contributed by atoms with Gasteiger partial charge in [-0.1, -0.05) is 97.1 Å². The van der Waals surface area contributed by atoms with Crippen molar-refractivity contribution in [3.8, 4) is 0 Å². The van der Waals surface area contributed by atoms with Gasteiger partial charge in [0.15, 0.2) is 0 Å². The lowest BCUT2D eigenvalue weighted by Gasteiger charge is -2.35. The van der Waals surface area contributed by atoms with Gasteiger partial charge in [0.2, 0.25) is 0 Å². The molecule has 0 radical (unpaired) electrons. The number of hydrogen-bond acceptors (Lipinski definition) is 1. The van der Waals surface area contributed by atoms with Crippen LogP contribution in [0.15, 0.2) is 121 Å². The van der Waals surface area contributed by atoms with Crippen molar-refractivity contribution < 1.29 is 5.11 Å². The normalized spacial score (nSPS) is 11.9. The SMILES string of the molecule is C[P+](CC(O)(c1ccccc1)c1ccccc1)(c1ccccc1)c1ccccc1. The average Bonchev–Trinajstić information content (AvgIpc) is 2.81. The van der Waals surface area contributed by atoms with E-state index in [1.807, 2.05) is 60.7 Å². The molecular weight excluding hydrogens is 371 g/mol. The molecule has 2 heteroatoms. The number of aliphatic hydroxyl groups is 1. The summed E-state index contributed by atoms with van der Waals surface area (Å²) >= 11 is 0. The van der Waals surface area contributed by atoms with Crippen LogP contribution in [0.5, 0.6) is 0 Å². The van der Waals surface area contributed by atoms with Crippen LogP contribution in [-0.4, -0.2) is 17.9 Å². The molecule has 0 aliphatic carbocycles. The van der Waals surface area contributed by atoms with Crippen LogP contribution in [0.4, 0.5) is 0 Å². The van der Waals surface area contributed by atoms with E-state index < -0.39 is 12.9 Å². The lowest BCUT2D eigenvalue weighted by molar-refractivity contribution is 0.106. The topological polar surface area (TPSA) is 20.2 Å². The Morgan fingerprint density at radius 1 is 0.552 bits per heavy atom. The van der Waals surface area contributed by atoms with Crippen LogP contribution < -0.4 is 10.6 Å². The molecule has 0 atom stereocenters. The van der Waals surface area contributed by atoms with Crippen LogP contribution in [0.1, 0.15) is 11.1 Å². The molecule has 0 aliphatic rings. The van der Waals surface area contributed by atoms with Crippen LogP contribution in [0, 0.1) is 0 Å². The van der Waals surface area contributed by atoms with E-state index >= 15 is 0 Å². The number of rotatable bonds is 6. The molecule has 4 aromatic rings. The monoisotopic (exact) mass is 397 g/mol. The van der Waals surface area contributed by atoms with E-state index in [0.717, 1.165) is 11.1 Å². The first-order chi connectivity index (χ1) is 14.1. The Morgan fingerprint density at radius 2 is 0.862 bits per heavy atom. The van der Waals surface area contributed by atoms with E-state index in [1.54, 1.807) is 0 Å². The maximum absolute atomic E-state index is 12.2. The second-order valence-electron chi connectivity index (χ2n) is 7.61. The van der Waals surface area contributed by atoms with Crippen LogP contribution in [0.2, 0.25) is 0 Å². The second kappa shape index (κ2) is 8.33. The highest BCUT2D eigenvalue weighted by atomic mass is 31.2. The van der Waals surface area contributed by atoms with E-state index in [0.29, 0.717) is 6.16 Å². The van der Waals surface area contributed by atoms with Crippen molar-refractivity contribution in [2.24, 2.45) is 0 Å². The fourth-order valence-corrected chi connectivity index (χ4v) is 7.68. The van der Waals surface area contributed by atoms with E-state index in [4.69, 9.17) is 0 Å². The Hall–Kier alpha value is -2.73. The third-order valence-electron chi connectivity index (χ3n) is 5.70. The van der Waals surface area contributed by atoms with Crippen LogP contribution in [0.3, 0.4) is 0 Å². The summed E-state index contributed by atoms with van der Waals surface area (Å²) in [6, 6.07) is 41.5. The lowest BCUT2D eigenvalue weighted by Crippen LogP contribution is -2.38. The van der Waals surface area contributed by atoms with E-state index in [9.17, 15) is 5.11 Å². The fourth-order valence-electron chi connectivity index (χ4n) is 4.08. The summed E-state index contributed by atoms with van der Waals surface area (Å²) in [7, 11) is -1.88. The van der Waals surface area contributed by atoms with Crippen molar-refractivity contribution in [2.45, 2.75) is 5.60 Å². The molecule has 0 bridgehead atoms. The average molecular weight is 397 g/mol. The minimum absolute atomic E-state index is 0.641. The van der Waals surface area contributed by atoms with E-state index in [1.165, 1.54) is 10.6 Å². The quantitative estimate of drug-likeness (QED) is 0.442. The predicted molar refractivity (Wildman–Crippen MR) is 126 cm³/mol. The first-order valence-electron chi connectivity index (χ1n) is 9.93. The van der Waals surface area contributed by atoms with Gasteiger partial charge >= 0.3 is 0 Å². The Morgan fingerprint density at radius 3 is 1.21 bits per heavy atom. The zero-order valence-electron chi connectivity index (χ0n) is 16.6. The summed E-state index contributed by atoms with van der Waals surface area (Å²) < 4.78 is 0. The highest BCUT2D eigenvalue weighted by Gasteiger charge is 2.47. The summed E-state index contributed by atoms with van der Waals surface area (Å²) in [6.45, 7) is 2.34. The third kappa shape index (κ3) is 3.90. The summed E-state index contributed by atoms with van der Waals surface area (Å²) in [4.78, 5) is 0. The lowest BCUT2D eigenvalue weighted by atomic mass is 9.88. The summed E-state index contributed by atoms with van der Waals surface area (Å²) in [5, 5.41) is 14.8. The molecule has 0 aromatic heterocycles. The standard InChI is InChI=1S/C27H26OP/c1-29(25-18-10-4-11-19-25,26-20-12-5-13-21-26)22-27(28,23-14-6-2-7-15-23)24-16-8-3-9-17-24/h2-21,28H,22H2,1H3/q+1. The van der Waals surface area contributed by atoms with Gasteiger partial charge in [-0.25, -0.2) is 0 Å². The molecule has 4 aromatic carbocycles. The molecule has 0 amide bonds. The molecule has 0 aliphatic heterocycles. The molecule has 29 heavy (non-hydrogen) atoms. The molecule has 1 nitrogen and oxygen atoms in total. The van der Waals surface area contributed by atoms with E-state index in [2.05, 4.69) is 67.3 Å². The Labute approximate surface area is 174 Å². The molecule has 0 saturated carbocycles. The Bertz CT molecular complexity index is 865. The minimum Gasteiger partial charge on any atom is -0.377 e. The first-order valence-corrected chi connectivity index (χ1v) is 12.4. The summed E-state index contributed by atoms with van der Waals surface area (Å²) in [5.41, 5.74) is 0.796. The van der Waals surface area contributed by atoms with Gasteiger partial charge in [-0.15, -0.1) is 0 Å². The molecule has 4 rings (SSSR count). The van der Waals surface area contributed by atoms with Gasteiger partial charge in [0.1, 0.15) is 11.8 Å². The highest BCUT2D eigenvalue weighted by Crippen LogP contribution is 2.57. The van der Waals surface area contributed by atoms with Gasteiger partial charge < -0.3 is 5.11 Å². The van der Waals surface area contributed by atoms with Crippen LogP contribution in [0.25, 0.3) is 0 Å². The Balaban J connectivity index is 1.91. The largest absolute Gasteiger partial charge is 0.377 e. The van der Waals surface area contributed by atoms with Crippen molar-refractivity contribution in [1.82, 2.24) is 0 Å². The maximum Gasteiger partial charge on any atom is 0.149 e. The second-order valence-corrected chi connectivity index (χ2v) is 11.3. The van der Waals surface area contributed by atoms with Gasteiger partial charge in [-0.3, -0.25) is 0 Å². The number of hydrogen-bond donors (Lipinski definition) is 1.